The van der Waals surface area contributed by atoms with E-state index in [1.807, 2.05) is 6.92 Å². The summed E-state index contributed by atoms with van der Waals surface area (Å²) < 4.78 is 0. The van der Waals surface area contributed by atoms with E-state index in [2.05, 4.69) is 31.0 Å². The molecule has 0 aromatic carbocycles. The molecule has 0 aromatic heterocycles. The molecule has 1 fully saturated rings. The van der Waals surface area contributed by atoms with Crippen molar-refractivity contribution in [3.8, 4) is 0 Å². The molecule has 20 heavy (non-hydrogen) atoms. The van der Waals surface area contributed by atoms with Gasteiger partial charge in [0, 0.05) is 13.1 Å². The molecule has 2 atom stereocenters. The minimum atomic E-state index is -0.134. The lowest BCUT2D eigenvalue weighted by atomic mass is 9.83. The molecule has 0 bridgehead atoms. The fourth-order valence-corrected chi connectivity index (χ4v) is 3.53. The smallest absolute Gasteiger partial charge is 0.0541 e. The Kier molecular flexibility index (Phi) is 8.08. The van der Waals surface area contributed by atoms with E-state index in [-0.39, 0.29) is 6.10 Å². The van der Waals surface area contributed by atoms with Crippen LogP contribution in [-0.4, -0.2) is 48.8 Å². The maximum atomic E-state index is 9.69. The first-order chi connectivity index (χ1) is 9.50. The van der Waals surface area contributed by atoms with Crippen LogP contribution in [0.5, 0.6) is 0 Å². The summed E-state index contributed by atoms with van der Waals surface area (Å²) in [6.45, 7) is 14.7. The highest BCUT2D eigenvalue weighted by Crippen LogP contribution is 2.27. The Bertz CT molecular complexity index is 249. The molecule has 0 amide bonds. The topological polar surface area (TPSA) is 35.5 Å². The lowest BCUT2D eigenvalue weighted by molar-refractivity contribution is 0.0535. The lowest BCUT2D eigenvalue weighted by Crippen LogP contribution is -2.46. The molecule has 120 valence electrons. The van der Waals surface area contributed by atoms with Gasteiger partial charge in [-0.25, -0.2) is 0 Å². The normalized spacial score (nSPS) is 22.6. The van der Waals surface area contributed by atoms with Crippen LogP contribution < -0.4 is 5.32 Å². The molecule has 1 saturated heterocycles. The Labute approximate surface area is 126 Å². The van der Waals surface area contributed by atoms with Gasteiger partial charge in [-0.2, -0.15) is 0 Å². The van der Waals surface area contributed by atoms with Crippen LogP contribution in [0.2, 0.25) is 0 Å². The van der Waals surface area contributed by atoms with Crippen LogP contribution in [0.3, 0.4) is 0 Å². The second kappa shape index (κ2) is 9.01. The van der Waals surface area contributed by atoms with Gasteiger partial charge >= 0.3 is 0 Å². The van der Waals surface area contributed by atoms with Crippen molar-refractivity contribution in [1.82, 2.24) is 10.2 Å². The first-order valence-corrected chi connectivity index (χ1v) is 8.62. The van der Waals surface area contributed by atoms with E-state index in [0.717, 1.165) is 39.0 Å². The monoisotopic (exact) mass is 284 g/mol. The first-order valence-electron chi connectivity index (χ1n) is 8.62. The summed E-state index contributed by atoms with van der Waals surface area (Å²) in [4.78, 5) is 2.61. The maximum Gasteiger partial charge on any atom is 0.0541 e. The molecular formula is C17H36N2O. The fraction of sp³-hybridized carbons (Fsp3) is 1.00. The van der Waals surface area contributed by atoms with Gasteiger partial charge < -0.3 is 15.3 Å². The number of rotatable bonds is 9. The van der Waals surface area contributed by atoms with Gasteiger partial charge in [0.2, 0.25) is 0 Å². The average molecular weight is 284 g/mol. The number of piperidine rings is 1. The molecule has 1 rings (SSSR count). The zero-order valence-electron chi connectivity index (χ0n) is 14.1. The molecule has 3 heteroatoms. The Morgan fingerprint density at radius 1 is 1.25 bits per heavy atom. The molecule has 3 nitrogen and oxygen atoms in total. The predicted octanol–water partition coefficient (Wildman–Crippen LogP) is 2.89. The van der Waals surface area contributed by atoms with Crippen molar-refractivity contribution in [1.29, 1.82) is 0 Å². The van der Waals surface area contributed by atoms with Crippen molar-refractivity contribution in [2.45, 2.75) is 65.9 Å². The fourth-order valence-electron chi connectivity index (χ4n) is 3.53. The van der Waals surface area contributed by atoms with E-state index < -0.39 is 0 Å². The molecule has 0 aromatic rings. The van der Waals surface area contributed by atoms with Gasteiger partial charge in [-0.15, -0.1) is 0 Å². The van der Waals surface area contributed by atoms with E-state index in [9.17, 15) is 5.11 Å². The van der Waals surface area contributed by atoms with Crippen LogP contribution in [0.1, 0.15) is 59.8 Å². The van der Waals surface area contributed by atoms with Crippen molar-refractivity contribution >= 4 is 0 Å². The minimum absolute atomic E-state index is 0.134. The van der Waals surface area contributed by atoms with Gasteiger partial charge in [0.25, 0.3) is 0 Å². The van der Waals surface area contributed by atoms with Crippen LogP contribution in [-0.2, 0) is 0 Å². The van der Waals surface area contributed by atoms with Gasteiger partial charge in [-0.1, -0.05) is 27.2 Å². The van der Waals surface area contributed by atoms with E-state index >= 15 is 0 Å². The Morgan fingerprint density at radius 2 is 1.90 bits per heavy atom. The highest BCUT2D eigenvalue weighted by Gasteiger charge is 2.29. The largest absolute Gasteiger partial charge is 0.393 e. The van der Waals surface area contributed by atoms with Crippen LogP contribution in [0, 0.1) is 11.3 Å². The van der Waals surface area contributed by atoms with Crippen molar-refractivity contribution in [2.75, 3.05) is 32.7 Å². The van der Waals surface area contributed by atoms with E-state index in [1.54, 1.807) is 0 Å². The maximum absolute atomic E-state index is 9.69. The minimum Gasteiger partial charge on any atom is -0.393 e. The standard InChI is InChI=1S/C17H36N2O/c1-5-9-17(4,13-18-10-6-2)14-19-11-7-16(8-12-19)15(3)20/h15-16,18,20H,5-14H2,1-4H3. The highest BCUT2D eigenvalue weighted by atomic mass is 16.3. The molecule has 0 spiro atoms. The number of aliphatic hydroxyl groups is 1. The van der Waals surface area contributed by atoms with Crippen molar-refractivity contribution in [3.05, 3.63) is 0 Å². The Balaban J connectivity index is 2.41. The third kappa shape index (κ3) is 6.11. The summed E-state index contributed by atoms with van der Waals surface area (Å²) in [5, 5.41) is 13.3. The summed E-state index contributed by atoms with van der Waals surface area (Å²) in [5.41, 5.74) is 0.390. The van der Waals surface area contributed by atoms with Gasteiger partial charge in [0.1, 0.15) is 0 Å². The zero-order chi connectivity index (χ0) is 15.0. The van der Waals surface area contributed by atoms with Crippen LogP contribution >= 0.6 is 0 Å². The molecule has 2 N–H and O–H groups in total. The zero-order valence-corrected chi connectivity index (χ0v) is 14.1. The number of aliphatic hydroxyl groups excluding tert-OH is 1. The quantitative estimate of drug-likeness (QED) is 0.639. The van der Waals surface area contributed by atoms with Gasteiger partial charge in [0.15, 0.2) is 0 Å². The highest BCUT2D eigenvalue weighted by molar-refractivity contribution is 4.84. The number of nitrogens with zero attached hydrogens (tertiary/aromatic N) is 1. The molecular weight excluding hydrogens is 248 g/mol. The van der Waals surface area contributed by atoms with Crippen molar-refractivity contribution < 1.29 is 5.11 Å². The summed E-state index contributed by atoms with van der Waals surface area (Å²) in [6.07, 6.45) is 5.94. The number of likely N-dealkylation sites (tertiary alicyclic amines) is 1. The second-order valence-electron chi connectivity index (χ2n) is 7.09. The van der Waals surface area contributed by atoms with Gasteiger partial charge in [-0.05, 0) is 63.6 Å². The SMILES string of the molecule is CCCNCC(C)(CCC)CN1CCC(C(C)O)CC1. The lowest BCUT2D eigenvalue weighted by Gasteiger charge is -2.40. The number of hydrogen-bond donors (Lipinski definition) is 2. The van der Waals surface area contributed by atoms with Gasteiger partial charge in [-0.3, -0.25) is 0 Å². The molecule has 0 aliphatic carbocycles. The Morgan fingerprint density at radius 3 is 2.40 bits per heavy atom. The molecule has 1 aliphatic heterocycles. The number of nitrogens with one attached hydrogen (secondary N) is 1. The first kappa shape index (κ1) is 17.9. The average Bonchev–Trinajstić information content (AvgIpc) is 2.39. The molecule has 0 saturated carbocycles. The van der Waals surface area contributed by atoms with E-state index in [4.69, 9.17) is 0 Å². The summed E-state index contributed by atoms with van der Waals surface area (Å²) >= 11 is 0. The number of hydrogen-bond acceptors (Lipinski definition) is 3. The van der Waals surface area contributed by atoms with Crippen LogP contribution in [0.15, 0.2) is 0 Å². The molecule has 0 radical (unpaired) electrons. The third-order valence-electron chi connectivity index (χ3n) is 4.75. The Hall–Kier alpha value is -0.120. The molecule has 1 aliphatic rings. The molecule has 1 heterocycles. The van der Waals surface area contributed by atoms with Crippen LogP contribution in [0.4, 0.5) is 0 Å². The predicted molar refractivity (Wildman–Crippen MR) is 87.0 cm³/mol. The van der Waals surface area contributed by atoms with E-state index in [1.165, 1.54) is 25.8 Å². The van der Waals surface area contributed by atoms with E-state index in [0.29, 0.717) is 11.3 Å². The summed E-state index contributed by atoms with van der Waals surface area (Å²) in [5.74, 6) is 0.516. The van der Waals surface area contributed by atoms with Crippen LogP contribution in [0.25, 0.3) is 0 Å². The summed E-state index contributed by atoms with van der Waals surface area (Å²) in [7, 11) is 0. The summed E-state index contributed by atoms with van der Waals surface area (Å²) in [6, 6.07) is 0. The van der Waals surface area contributed by atoms with Gasteiger partial charge in [0.05, 0.1) is 6.10 Å². The molecule has 2 unspecified atom stereocenters. The van der Waals surface area contributed by atoms with Crippen molar-refractivity contribution in [2.24, 2.45) is 11.3 Å². The van der Waals surface area contributed by atoms with Crippen molar-refractivity contribution in [3.63, 3.8) is 0 Å². The third-order valence-corrected chi connectivity index (χ3v) is 4.75. The second-order valence-corrected chi connectivity index (χ2v) is 7.09.